The summed E-state index contributed by atoms with van der Waals surface area (Å²) >= 11 is 0. The summed E-state index contributed by atoms with van der Waals surface area (Å²) in [6, 6.07) is 12.6. The first-order valence-electron chi connectivity index (χ1n) is 9.99. The van der Waals surface area contributed by atoms with Gasteiger partial charge in [-0.25, -0.2) is 0 Å². The molecule has 1 amide bonds. The number of nitrogens with zero attached hydrogens (tertiary/aromatic N) is 2. The van der Waals surface area contributed by atoms with Crippen molar-refractivity contribution in [2.45, 2.75) is 31.8 Å². The van der Waals surface area contributed by atoms with Crippen LogP contribution in [0.4, 0.5) is 0 Å². The van der Waals surface area contributed by atoms with Crippen LogP contribution in [0, 0.1) is 12.8 Å². The Morgan fingerprint density at radius 1 is 1.04 bits per heavy atom. The van der Waals surface area contributed by atoms with E-state index in [1.807, 2.05) is 48.2 Å². The number of hydrogen-bond donors (Lipinski definition) is 0. The Morgan fingerprint density at radius 3 is 2.56 bits per heavy atom. The molecular formula is C22H26N2O3. The van der Waals surface area contributed by atoms with Crippen LogP contribution < -0.4 is 0 Å². The van der Waals surface area contributed by atoms with E-state index in [1.165, 1.54) is 12.8 Å². The second kappa shape index (κ2) is 6.80. The first-order valence-corrected chi connectivity index (χ1v) is 9.99. The van der Waals surface area contributed by atoms with Crippen molar-refractivity contribution in [1.82, 2.24) is 9.80 Å². The van der Waals surface area contributed by atoms with Crippen molar-refractivity contribution in [1.29, 1.82) is 0 Å². The van der Waals surface area contributed by atoms with Crippen LogP contribution >= 0.6 is 0 Å². The Balaban J connectivity index is 1.27. The number of piperazine rings is 1. The zero-order chi connectivity index (χ0) is 18.4. The Morgan fingerprint density at radius 2 is 1.85 bits per heavy atom. The quantitative estimate of drug-likeness (QED) is 0.837. The lowest BCUT2D eigenvalue weighted by atomic mass is 10.0. The fraction of sp³-hybridized carbons (Fsp3) is 0.500. The van der Waals surface area contributed by atoms with Crippen LogP contribution in [-0.2, 0) is 4.74 Å². The molecule has 3 heterocycles. The zero-order valence-electron chi connectivity index (χ0n) is 15.8. The molecule has 142 valence electrons. The topological polar surface area (TPSA) is 45.9 Å². The molecule has 0 radical (unpaired) electrons. The molecule has 0 spiro atoms. The molecule has 2 aliphatic heterocycles. The number of amides is 1. The fourth-order valence-electron chi connectivity index (χ4n) is 4.50. The zero-order valence-corrected chi connectivity index (χ0v) is 15.8. The summed E-state index contributed by atoms with van der Waals surface area (Å²) in [5.41, 5.74) is 1.74. The second-order valence-electron chi connectivity index (χ2n) is 8.07. The number of carbonyl (C=O) groups is 1. The smallest absolute Gasteiger partial charge is 0.253 e. The van der Waals surface area contributed by atoms with E-state index in [9.17, 15) is 4.79 Å². The second-order valence-corrected chi connectivity index (χ2v) is 8.07. The minimum Gasteiger partial charge on any atom is -0.461 e. The van der Waals surface area contributed by atoms with E-state index in [1.54, 1.807) is 0 Å². The monoisotopic (exact) mass is 366 g/mol. The Labute approximate surface area is 159 Å². The number of fused-ring (bicyclic) bond motifs is 1. The van der Waals surface area contributed by atoms with Gasteiger partial charge >= 0.3 is 0 Å². The van der Waals surface area contributed by atoms with Crippen LogP contribution in [0.5, 0.6) is 0 Å². The largest absolute Gasteiger partial charge is 0.461 e. The summed E-state index contributed by atoms with van der Waals surface area (Å²) in [6.45, 7) is 6.07. The van der Waals surface area contributed by atoms with Gasteiger partial charge in [0.25, 0.3) is 5.91 Å². The van der Waals surface area contributed by atoms with Gasteiger partial charge in [0.15, 0.2) is 0 Å². The van der Waals surface area contributed by atoms with Crippen molar-refractivity contribution in [3.8, 4) is 11.3 Å². The fourth-order valence-corrected chi connectivity index (χ4v) is 4.50. The third kappa shape index (κ3) is 3.30. The van der Waals surface area contributed by atoms with Crippen LogP contribution in [0.25, 0.3) is 11.3 Å². The molecule has 0 unspecified atom stereocenters. The molecule has 0 bridgehead atoms. The number of rotatable bonds is 3. The number of carbonyl (C=O) groups excluding carboxylic acids is 1. The normalized spacial score (nSPS) is 26.0. The molecule has 2 atom stereocenters. The maximum Gasteiger partial charge on any atom is 0.253 e. The number of furan rings is 1. The maximum absolute atomic E-state index is 13.0. The minimum atomic E-state index is 0.116. The van der Waals surface area contributed by atoms with Crippen LogP contribution in [0.3, 0.4) is 0 Å². The van der Waals surface area contributed by atoms with Gasteiger partial charge in [0, 0.05) is 36.8 Å². The van der Waals surface area contributed by atoms with Crippen LogP contribution in [0.1, 0.15) is 29.0 Å². The first kappa shape index (κ1) is 17.0. The van der Waals surface area contributed by atoms with E-state index >= 15 is 0 Å². The molecule has 1 aromatic heterocycles. The average Bonchev–Trinajstić information content (AvgIpc) is 3.47. The molecule has 5 heteroatoms. The highest BCUT2D eigenvalue weighted by Gasteiger charge is 2.43. The number of morpholine rings is 1. The highest BCUT2D eigenvalue weighted by atomic mass is 16.5. The van der Waals surface area contributed by atoms with Gasteiger partial charge < -0.3 is 14.1 Å². The molecule has 3 aliphatic rings. The number of ether oxygens (including phenoxy) is 1. The first-order chi connectivity index (χ1) is 13.2. The van der Waals surface area contributed by atoms with E-state index in [0.29, 0.717) is 12.1 Å². The van der Waals surface area contributed by atoms with Gasteiger partial charge in [-0.1, -0.05) is 12.1 Å². The average molecular weight is 366 g/mol. The van der Waals surface area contributed by atoms with Crippen LogP contribution in [-0.4, -0.2) is 60.6 Å². The number of hydrogen-bond acceptors (Lipinski definition) is 4. The van der Waals surface area contributed by atoms with Crippen molar-refractivity contribution in [3.05, 3.63) is 47.7 Å². The highest BCUT2D eigenvalue weighted by Crippen LogP contribution is 2.38. The standard InChI is InChI=1S/C22H26N2O3/c1-15-2-9-21(27-15)17-5-7-18(8-6-17)22(25)23-10-11-24-19(12-23)13-26-14-20(24)16-3-4-16/h2,5-9,16,19-20H,3-4,10-14H2,1H3/t19-,20-/m1/s1. The van der Waals surface area contributed by atoms with Crippen LogP contribution in [0.2, 0.25) is 0 Å². The summed E-state index contributed by atoms with van der Waals surface area (Å²) in [6.07, 6.45) is 2.67. The molecule has 2 aromatic rings. The van der Waals surface area contributed by atoms with Gasteiger partial charge in [-0.05, 0) is 49.9 Å². The van der Waals surface area contributed by atoms with E-state index in [0.717, 1.165) is 61.4 Å². The molecule has 5 nitrogen and oxygen atoms in total. The molecule has 1 saturated carbocycles. The molecular weight excluding hydrogens is 340 g/mol. The lowest BCUT2D eigenvalue weighted by Gasteiger charge is -2.48. The lowest BCUT2D eigenvalue weighted by molar-refractivity contribution is -0.0816. The maximum atomic E-state index is 13.0. The van der Waals surface area contributed by atoms with E-state index in [-0.39, 0.29) is 5.91 Å². The third-order valence-corrected chi connectivity index (χ3v) is 6.16. The molecule has 2 saturated heterocycles. The molecule has 27 heavy (non-hydrogen) atoms. The Bertz CT molecular complexity index is 824. The van der Waals surface area contributed by atoms with Crippen molar-refractivity contribution in [2.24, 2.45) is 5.92 Å². The van der Waals surface area contributed by atoms with Gasteiger partial charge in [-0.15, -0.1) is 0 Å². The molecule has 1 aromatic carbocycles. The Kier molecular flexibility index (Phi) is 4.29. The SMILES string of the molecule is Cc1ccc(-c2ccc(C(=O)N3CCN4[C@@H](COC[C@@H]4C4CC4)C3)cc2)o1. The molecule has 0 N–H and O–H groups in total. The van der Waals surface area contributed by atoms with Crippen molar-refractivity contribution >= 4 is 5.91 Å². The van der Waals surface area contributed by atoms with Gasteiger partial charge in [-0.3, -0.25) is 9.69 Å². The van der Waals surface area contributed by atoms with Crippen molar-refractivity contribution in [3.63, 3.8) is 0 Å². The lowest BCUT2D eigenvalue weighted by Crippen LogP contribution is -2.63. The minimum absolute atomic E-state index is 0.116. The predicted molar refractivity (Wildman–Crippen MR) is 103 cm³/mol. The number of aryl methyl sites for hydroxylation is 1. The van der Waals surface area contributed by atoms with Crippen molar-refractivity contribution < 1.29 is 13.9 Å². The molecule has 5 rings (SSSR count). The summed E-state index contributed by atoms with van der Waals surface area (Å²) in [5, 5.41) is 0. The van der Waals surface area contributed by atoms with E-state index in [4.69, 9.17) is 9.15 Å². The van der Waals surface area contributed by atoms with E-state index < -0.39 is 0 Å². The summed E-state index contributed by atoms with van der Waals surface area (Å²) in [7, 11) is 0. The van der Waals surface area contributed by atoms with Gasteiger partial charge in [0.2, 0.25) is 0 Å². The van der Waals surface area contributed by atoms with Gasteiger partial charge in [-0.2, -0.15) is 0 Å². The highest BCUT2D eigenvalue weighted by molar-refractivity contribution is 5.94. The van der Waals surface area contributed by atoms with Crippen LogP contribution in [0.15, 0.2) is 40.8 Å². The Hall–Kier alpha value is -2.11. The summed E-state index contributed by atoms with van der Waals surface area (Å²) < 4.78 is 11.5. The van der Waals surface area contributed by atoms with Gasteiger partial charge in [0.05, 0.1) is 19.3 Å². The summed E-state index contributed by atoms with van der Waals surface area (Å²) in [5.74, 6) is 2.66. The molecule has 3 fully saturated rings. The third-order valence-electron chi connectivity index (χ3n) is 6.16. The number of benzene rings is 1. The predicted octanol–water partition coefficient (Wildman–Crippen LogP) is 3.19. The van der Waals surface area contributed by atoms with Gasteiger partial charge in [0.1, 0.15) is 11.5 Å². The molecule has 1 aliphatic carbocycles. The summed E-state index contributed by atoms with van der Waals surface area (Å²) in [4.78, 5) is 17.6. The van der Waals surface area contributed by atoms with Crippen molar-refractivity contribution in [2.75, 3.05) is 32.8 Å². The van der Waals surface area contributed by atoms with E-state index in [2.05, 4.69) is 4.90 Å².